The fourth-order valence-electron chi connectivity index (χ4n) is 4.07. The topological polar surface area (TPSA) is 99.4 Å². The van der Waals surface area contributed by atoms with Crippen LogP contribution in [0, 0.1) is 0 Å². The third-order valence-corrected chi connectivity index (χ3v) is 6.57. The van der Waals surface area contributed by atoms with E-state index in [4.69, 9.17) is 14.2 Å². The van der Waals surface area contributed by atoms with E-state index in [2.05, 4.69) is 4.99 Å². The highest BCUT2D eigenvalue weighted by molar-refractivity contribution is 7.07. The predicted octanol–water partition coefficient (Wildman–Crippen LogP) is 3.30. The van der Waals surface area contributed by atoms with Gasteiger partial charge in [-0.1, -0.05) is 29.5 Å². The van der Waals surface area contributed by atoms with Crippen molar-refractivity contribution in [3.8, 4) is 17.2 Å². The van der Waals surface area contributed by atoms with E-state index in [1.165, 1.54) is 15.9 Å². The van der Waals surface area contributed by atoms with E-state index < -0.39 is 12.0 Å². The van der Waals surface area contributed by atoms with Crippen LogP contribution < -0.4 is 24.4 Å². The summed E-state index contributed by atoms with van der Waals surface area (Å²) in [4.78, 5) is 31.8. The van der Waals surface area contributed by atoms with Crippen LogP contribution in [-0.2, 0) is 9.53 Å². The second-order valence-corrected chi connectivity index (χ2v) is 8.98. The van der Waals surface area contributed by atoms with Gasteiger partial charge in [0.05, 0.1) is 41.7 Å². The molecule has 4 rings (SSSR count). The number of phenols is 1. The van der Waals surface area contributed by atoms with E-state index in [0.717, 1.165) is 5.56 Å². The van der Waals surface area contributed by atoms with Crippen molar-refractivity contribution >= 4 is 23.4 Å². The lowest BCUT2D eigenvalue weighted by Gasteiger charge is -2.25. The number of hydrogen-bond acceptors (Lipinski definition) is 8. The fraction of sp³-hybridized carbons (Fsp3) is 0.296. The zero-order valence-electron chi connectivity index (χ0n) is 20.6. The summed E-state index contributed by atoms with van der Waals surface area (Å²) >= 11 is 1.24. The van der Waals surface area contributed by atoms with Crippen molar-refractivity contribution in [2.75, 3.05) is 19.8 Å². The van der Waals surface area contributed by atoms with Crippen molar-refractivity contribution in [1.82, 2.24) is 4.57 Å². The van der Waals surface area contributed by atoms with Gasteiger partial charge in [0.15, 0.2) is 16.3 Å². The first-order valence-corrected chi connectivity index (χ1v) is 12.6. The molecular formula is C27H28N2O6S. The first-order valence-electron chi connectivity index (χ1n) is 11.8. The highest BCUT2D eigenvalue weighted by atomic mass is 32.1. The van der Waals surface area contributed by atoms with Crippen molar-refractivity contribution in [2.24, 2.45) is 4.99 Å². The normalized spacial score (nSPS) is 15.3. The maximum atomic E-state index is 13.7. The van der Waals surface area contributed by atoms with Crippen molar-refractivity contribution in [3.63, 3.8) is 0 Å². The van der Waals surface area contributed by atoms with Gasteiger partial charge in [-0.15, -0.1) is 0 Å². The quantitative estimate of drug-likeness (QED) is 0.469. The first-order chi connectivity index (χ1) is 17.4. The molecule has 0 amide bonds. The summed E-state index contributed by atoms with van der Waals surface area (Å²) in [5.74, 6) is 0.731. The molecule has 0 saturated carbocycles. The number of benzene rings is 2. The van der Waals surface area contributed by atoms with E-state index in [9.17, 15) is 14.7 Å². The monoisotopic (exact) mass is 508 g/mol. The number of aromatic hydroxyl groups is 1. The van der Waals surface area contributed by atoms with Crippen LogP contribution in [0.1, 0.15) is 44.9 Å². The SMILES string of the molecule is CCOC(=O)C1=C(C)N=c2s/c(=C\c3ccc(O)cc3)c(=O)n2C1c1ccc(OCC)c(OCC)c1. The Bertz CT molecular complexity index is 1480. The molecule has 36 heavy (non-hydrogen) atoms. The van der Waals surface area contributed by atoms with Gasteiger partial charge in [0.2, 0.25) is 0 Å². The average Bonchev–Trinajstić information content (AvgIpc) is 3.15. The number of carbonyl (C=O) groups is 1. The minimum absolute atomic E-state index is 0.143. The van der Waals surface area contributed by atoms with Crippen LogP contribution >= 0.6 is 11.3 Å². The number of fused-ring (bicyclic) bond motifs is 1. The van der Waals surface area contributed by atoms with Crippen molar-refractivity contribution in [3.05, 3.63) is 84.5 Å². The van der Waals surface area contributed by atoms with Gasteiger partial charge in [0.1, 0.15) is 5.75 Å². The Labute approximate surface area is 212 Å². The van der Waals surface area contributed by atoms with Crippen LogP contribution in [0.15, 0.2) is 63.5 Å². The third-order valence-electron chi connectivity index (χ3n) is 5.59. The van der Waals surface area contributed by atoms with E-state index in [1.807, 2.05) is 19.9 Å². The van der Waals surface area contributed by atoms with Crippen LogP contribution in [-0.4, -0.2) is 35.5 Å². The summed E-state index contributed by atoms with van der Waals surface area (Å²) in [6, 6.07) is 11.2. The molecule has 1 unspecified atom stereocenters. The number of ether oxygens (including phenoxy) is 3. The Kier molecular flexibility index (Phi) is 7.59. The largest absolute Gasteiger partial charge is 0.508 e. The van der Waals surface area contributed by atoms with Crippen LogP contribution in [0.25, 0.3) is 6.08 Å². The molecule has 0 saturated heterocycles. The highest BCUT2D eigenvalue weighted by Crippen LogP contribution is 2.36. The molecule has 2 heterocycles. The molecule has 1 N–H and O–H groups in total. The molecule has 2 aromatic carbocycles. The minimum Gasteiger partial charge on any atom is -0.508 e. The molecule has 1 aliphatic heterocycles. The third kappa shape index (κ3) is 4.92. The molecule has 1 aromatic heterocycles. The van der Waals surface area contributed by atoms with Crippen LogP contribution in [0.3, 0.4) is 0 Å². The average molecular weight is 509 g/mol. The van der Waals surface area contributed by atoms with Crippen LogP contribution in [0.4, 0.5) is 0 Å². The Hall–Kier alpha value is -3.85. The van der Waals surface area contributed by atoms with Gasteiger partial charge in [0, 0.05) is 0 Å². The molecule has 188 valence electrons. The van der Waals surface area contributed by atoms with Gasteiger partial charge >= 0.3 is 5.97 Å². The number of nitrogens with zero attached hydrogens (tertiary/aromatic N) is 2. The van der Waals surface area contributed by atoms with Gasteiger partial charge in [-0.2, -0.15) is 0 Å². The zero-order valence-corrected chi connectivity index (χ0v) is 21.4. The Morgan fingerprint density at radius 3 is 2.42 bits per heavy atom. The Morgan fingerprint density at radius 1 is 1.06 bits per heavy atom. The predicted molar refractivity (Wildman–Crippen MR) is 137 cm³/mol. The minimum atomic E-state index is -0.753. The standard InChI is InChI=1S/C27H28N2O6S/c1-5-33-20-13-10-18(15-21(20)34-6-2)24-23(26(32)35-7-3)16(4)28-27-29(24)25(31)22(36-27)14-17-8-11-19(30)12-9-17/h8-15,24,30H,5-7H2,1-4H3/b22-14-. The number of thiazole rings is 1. The molecule has 8 nitrogen and oxygen atoms in total. The number of phenolic OH excluding ortho intramolecular Hbond substituents is 1. The molecule has 0 bridgehead atoms. The van der Waals surface area contributed by atoms with Gasteiger partial charge in [0.25, 0.3) is 5.56 Å². The van der Waals surface area contributed by atoms with E-state index >= 15 is 0 Å². The van der Waals surface area contributed by atoms with Crippen molar-refractivity contribution < 1.29 is 24.1 Å². The van der Waals surface area contributed by atoms with Gasteiger partial charge in [-0.3, -0.25) is 9.36 Å². The molecule has 3 aromatic rings. The molecule has 1 atom stereocenters. The molecule has 0 aliphatic carbocycles. The summed E-state index contributed by atoms with van der Waals surface area (Å²) in [6.07, 6.45) is 1.74. The maximum absolute atomic E-state index is 13.7. The summed E-state index contributed by atoms with van der Waals surface area (Å²) < 4.78 is 18.9. The Balaban J connectivity index is 1.94. The number of carbonyl (C=O) groups excluding carboxylic acids is 1. The second-order valence-electron chi connectivity index (χ2n) is 7.97. The summed E-state index contributed by atoms with van der Waals surface area (Å²) in [6.45, 7) is 8.34. The lowest BCUT2D eigenvalue weighted by Crippen LogP contribution is -2.40. The lowest BCUT2D eigenvalue weighted by atomic mass is 9.95. The van der Waals surface area contributed by atoms with Crippen molar-refractivity contribution in [2.45, 2.75) is 33.7 Å². The summed E-state index contributed by atoms with van der Waals surface area (Å²) in [7, 11) is 0. The van der Waals surface area contributed by atoms with Gasteiger partial charge in [-0.25, -0.2) is 9.79 Å². The second kappa shape index (κ2) is 10.8. The molecule has 9 heteroatoms. The number of allylic oxidation sites excluding steroid dienone is 1. The summed E-state index contributed by atoms with van der Waals surface area (Å²) in [5, 5.41) is 9.58. The van der Waals surface area contributed by atoms with Crippen LogP contribution in [0.2, 0.25) is 0 Å². The van der Waals surface area contributed by atoms with E-state index in [-0.39, 0.29) is 17.9 Å². The van der Waals surface area contributed by atoms with Gasteiger partial charge in [-0.05, 0) is 69.2 Å². The molecule has 0 fully saturated rings. The highest BCUT2D eigenvalue weighted by Gasteiger charge is 2.34. The fourth-order valence-corrected chi connectivity index (χ4v) is 5.11. The number of rotatable bonds is 8. The van der Waals surface area contributed by atoms with Crippen molar-refractivity contribution in [1.29, 1.82) is 0 Å². The lowest BCUT2D eigenvalue weighted by molar-refractivity contribution is -0.139. The van der Waals surface area contributed by atoms with Gasteiger partial charge < -0.3 is 19.3 Å². The smallest absolute Gasteiger partial charge is 0.338 e. The molecule has 0 radical (unpaired) electrons. The van der Waals surface area contributed by atoms with E-state index in [1.54, 1.807) is 56.3 Å². The zero-order chi connectivity index (χ0) is 25.8. The first kappa shape index (κ1) is 25.2. The molecular weight excluding hydrogens is 480 g/mol. The maximum Gasteiger partial charge on any atom is 0.338 e. The molecule has 1 aliphatic rings. The Morgan fingerprint density at radius 2 is 1.75 bits per heavy atom. The summed E-state index contributed by atoms with van der Waals surface area (Å²) in [5.41, 5.74) is 1.94. The van der Waals surface area contributed by atoms with Crippen LogP contribution in [0.5, 0.6) is 17.2 Å². The number of esters is 1. The number of aromatic nitrogens is 1. The number of hydrogen-bond donors (Lipinski definition) is 1. The molecule has 0 spiro atoms. The van der Waals surface area contributed by atoms with E-state index in [0.29, 0.717) is 50.9 Å².